The molecule has 0 spiro atoms. The molecule has 0 aliphatic heterocycles. The molecule has 2 unspecified atom stereocenters. The van der Waals surface area contributed by atoms with Crippen molar-refractivity contribution >= 4 is 5.91 Å². The average Bonchev–Trinajstić information content (AvgIpc) is 3.23. The fraction of sp³-hybridized carbons (Fsp3) is 0.500. The Kier molecular flexibility index (Phi) is 3.99. The third-order valence-corrected chi connectivity index (χ3v) is 3.86. The van der Waals surface area contributed by atoms with Gasteiger partial charge in [-0.2, -0.15) is 0 Å². The van der Waals surface area contributed by atoms with E-state index in [1.807, 2.05) is 37.4 Å². The van der Waals surface area contributed by atoms with Crippen LogP contribution in [0.4, 0.5) is 0 Å². The zero-order chi connectivity index (χ0) is 13.1. The molecule has 3 N–H and O–H groups in total. The normalized spacial score (nSPS) is 18.4. The highest BCUT2D eigenvalue weighted by Gasteiger charge is 2.36. The van der Waals surface area contributed by atoms with E-state index in [9.17, 15) is 4.79 Å². The summed E-state index contributed by atoms with van der Waals surface area (Å²) in [5, 5.41) is 0. The molecule has 18 heavy (non-hydrogen) atoms. The van der Waals surface area contributed by atoms with Crippen molar-refractivity contribution < 1.29 is 4.79 Å². The average molecular weight is 247 g/mol. The van der Waals surface area contributed by atoms with Gasteiger partial charge in [0, 0.05) is 6.04 Å². The van der Waals surface area contributed by atoms with E-state index in [-0.39, 0.29) is 11.9 Å². The summed E-state index contributed by atoms with van der Waals surface area (Å²) in [6.45, 7) is 2.18. The highest BCUT2D eigenvalue weighted by Crippen LogP contribution is 2.37. The highest BCUT2D eigenvalue weighted by molar-refractivity contribution is 5.82. The van der Waals surface area contributed by atoms with Gasteiger partial charge in [-0.15, -0.1) is 0 Å². The first-order chi connectivity index (χ1) is 8.65. The first-order valence-corrected chi connectivity index (χ1v) is 6.42. The third-order valence-electron chi connectivity index (χ3n) is 3.86. The van der Waals surface area contributed by atoms with Gasteiger partial charge in [-0.1, -0.05) is 30.3 Å². The first-order valence-electron chi connectivity index (χ1n) is 6.42. The van der Waals surface area contributed by atoms with Crippen LogP contribution in [-0.2, 0) is 4.79 Å². The predicted molar refractivity (Wildman–Crippen MR) is 71.5 cm³/mol. The van der Waals surface area contributed by atoms with Crippen molar-refractivity contribution in [1.82, 2.24) is 10.3 Å². The zero-order valence-electron chi connectivity index (χ0n) is 11.0. The van der Waals surface area contributed by atoms with Gasteiger partial charge in [-0.05, 0) is 38.3 Å². The largest absolute Gasteiger partial charge is 0.293 e. The predicted octanol–water partition coefficient (Wildman–Crippen LogP) is 1.45. The maximum atomic E-state index is 12.0. The number of nitrogens with one attached hydrogen (secondary N) is 1. The molecule has 4 heteroatoms. The lowest BCUT2D eigenvalue weighted by Crippen LogP contribution is -2.45. The monoisotopic (exact) mass is 247 g/mol. The summed E-state index contributed by atoms with van der Waals surface area (Å²) in [5.41, 5.74) is 3.26. The number of hydrogen-bond acceptors (Lipinski definition) is 3. The van der Waals surface area contributed by atoms with Crippen LogP contribution in [0.25, 0.3) is 0 Å². The number of hydrogen-bond donors (Lipinski definition) is 2. The first kappa shape index (κ1) is 13.1. The van der Waals surface area contributed by atoms with E-state index in [0.29, 0.717) is 12.0 Å². The Morgan fingerprint density at radius 1 is 1.39 bits per heavy atom. The molecule has 2 rings (SSSR count). The van der Waals surface area contributed by atoms with Crippen molar-refractivity contribution in [3.05, 3.63) is 35.9 Å². The van der Waals surface area contributed by atoms with Gasteiger partial charge in [0.2, 0.25) is 0 Å². The van der Waals surface area contributed by atoms with Crippen molar-refractivity contribution in [2.24, 2.45) is 11.8 Å². The van der Waals surface area contributed by atoms with Gasteiger partial charge in [-0.25, -0.2) is 5.84 Å². The van der Waals surface area contributed by atoms with E-state index >= 15 is 0 Å². The van der Waals surface area contributed by atoms with Crippen LogP contribution in [0.3, 0.4) is 0 Å². The fourth-order valence-corrected chi connectivity index (χ4v) is 2.43. The van der Waals surface area contributed by atoms with E-state index in [0.717, 1.165) is 5.56 Å². The Morgan fingerprint density at radius 2 is 2.00 bits per heavy atom. The summed E-state index contributed by atoms with van der Waals surface area (Å²) >= 11 is 0. The standard InChI is InChI=1S/C14H21N3O/c1-10(11-8-9-11)17(2)13(14(18)16-15)12-6-4-3-5-7-12/h3-7,10-11,13H,8-9,15H2,1-2H3,(H,16,18). The molecule has 1 saturated carbocycles. The summed E-state index contributed by atoms with van der Waals surface area (Å²) in [4.78, 5) is 14.1. The van der Waals surface area contributed by atoms with Crippen molar-refractivity contribution in [2.45, 2.75) is 31.8 Å². The summed E-state index contributed by atoms with van der Waals surface area (Å²) in [7, 11) is 2.00. The molecule has 0 bridgehead atoms. The number of rotatable bonds is 5. The Hall–Kier alpha value is -1.39. The van der Waals surface area contributed by atoms with Crippen LogP contribution < -0.4 is 11.3 Å². The number of nitrogens with two attached hydrogens (primary N) is 1. The van der Waals surface area contributed by atoms with Crippen LogP contribution in [0.2, 0.25) is 0 Å². The second-order valence-electron chi connectivity index (χ2n) is 5.07. The van der Waals surface area contributed by atoms with Crippen LogP contribution in [0.15, 0.2) is 30.3 Å². The van der Waals surface area contributed by atoms with Crippen molar-refractivity contribution in [3.8, 4) is 0 Å². The minimum Gasteiger partial charge on any atom is -0.293 e. The molecule has 1 aromatic rings. The summed E-state index contributed by atoms with van der Waals surface area (Å²) in [6, 6.07) is 9.86. The molecule has 98 valence electrons. The van der Waals surface area contributed by atoms with E-state index in [1.165, 1.54) is 12.8 Å². The Balaban J connectivity index is 2.22. The molecule has 1 amide bonds. The second kappa shape index (κ2) is 5.50. The van der Waals surface area contributed by atoms with E-state index in [2.05, 4.69) is 17.2 Å². The summed E-state index contributed by atoms with van der Waals surface area (Å²) in [6.07, 6.45) is 2.52. The quantitative estimate of drug-likeness (QED) is 0.470. The summed E-state index contributed by atoms with van der Waals surface area (Å²) in [5.74, 6) is 5.87. The van der Waals surface area contributed by atoms with Crippen LogP contribution in [0.5, 0.6) is 0 Å². The molecule has 2 atom stereocenters. The minimum absolute atomic E-state index is 0.156. The SMILES string of the molecule is CC(C1CC1)N(C)C(C(=O)NN)c1ccccc1. The Morgan fingerprint density at radius 3 is 2.50 bits per heavy atom. The number of carbonyl (C=O) groups is 1. The van der Waals surface area contributed by atoms with Crippen LogP contribution in [-0.4, -0.2) is 23.9 Å². The lowest BCUT2D eigenvalue weighted by Gasteiger charge is -2.32. The van der Waals surface area contributed by atoms with Gasteiger partial charge in [0.15, 0.2) is 0 Å². The second-order valence-corrected chi connectivity index (χ2v) is 5.07. The fourth-order valence-electron chi connectivity index (χ4n) is 2.43. The molecule has 0 aromatic heterocycles. The summed E-state index contributed by atoms with van der Waals surface area (Å²) < 4.78 is 0. The Bertz CT molecular complexity index is 403. The van der Waals surface area contributed by atoms with Gasteiger partial charge in [0.05, 0.1) is 0 Å². The van der Waals surface area contributed by atoms with Crippen molar-refractivity contribution in [2.75, 3.05) is 7.05 Å². The van der Waals surface area contributed by atoms with Gasteiger partial charge in [0.25, 0.3) is 5.91 Å². The maximum Gasteiger partial charge on any atom is 0.255 e. The molecule has 4 nitrogen and oxygen atoms in total. The number of benzene rings is 1. The molecule has 1 aromatic carbocycles. The minimum atomic E-state index is -0.313. The third kappa shape index (κ3) is 2.71. The van der Waals surface area contributed by atoms with E-state index in [4.69, 9.17) is 5.84 Å². The molecular weight excluding hydrogens is 226 g/mol. The van der Waals surface area contributed by atoms with Gasteiger partial charge < -0.3 is 0 Å². The van der Waals surface area contributed by atoms with Gasteiger partial charge in [0.1, 0.15) is 6.04 Å². The van der Waals surface area contributed by atoms with Crippen LogP contribution >= 0.6 is 0 Å². The molecule has 0 heterocycles. The van der Waals surface area contributed by atoms with Gasteiger partial charge >= 0.3 is 0 Å². The molecule has 0 radical (unpaired) electrons. The molecule has 1 aliphatic rings. The van der Waals surface area contributed by atoms with Crippen LogP contribution in [0, 0.1) is 5.92 Å². The number of likely N-dealkylation sites (N-methyl/N-ethyl adjacent to an activating group) is 1. The molecule has 1 fully saturated rings. The number of amides is 1. The number of nitrogens with zero attached hydrogens (tertiary/aromatic N) is 1. The van der Waals surface area contributed by atoms with Crippen LogP contribution in [0.1, 0.15) is 31.4 Å². The number of hydrazine groups is 1. The lowest BCUT2D eigenvalue weighted by atomic mass is 10.0. The smallest absolute Gasteiger partial charge is 0.255 e. The van der Waals surface area contributed by atoms with E-state index in [1.54, 1.807) is 0 Å². The van der Waals surface area contributed by atoms with Gasteiger partial charge in [-0.3, -0.25) is 15.1 Å². The number of carbonyl (C=O) groups excluding carboxylic acids is 1. The lowest BCUT2D eigenvalue weighted by molar-refractivity contribution is -0.127. The van der Waals surface area contributed by atoms with E-state index < -0.39 is 0 Å². The van der Waals surface area contributed by atoms with Crippen molar-refractivity contribution in [3.63, 3.8) is 0 Å². The Labute approximate surface area is 108 Å². The zero-order valence-corrected chi connectivity index (χ0v) is 11.0. The molecular formula is C14H21N3O. The molecule has 1 aliphatic carbocycles. The van der Waals surface area contributed by atoms with Crippen molar-refractivity contribution in [1.29, 1.82) is 0 Å². The highest BCUT2D eigenvalue weighted by atomic mass is 16.2. The molecule has 0 saturated heterocycles. The topological polar surface area (TPSA) is 58.4 Å². The maximum absolute atomic E-state index is 12.0.